The van der Waals surface area contributed by atoms with Crippen molar-refractivity contribution in [3.63, 3.8) is 0 Å². The van der Waals surface area contributed by atoms with Gasteiger partial charge in [-0.05, 0) is 35.0 Å². The minimum absolute atomic E-state index is 0.286. The van der Waals surface area contributed by atoms with Crippen molar-refractivity contribution in [3.05, 3.63) is 77.1 Å². The predicted octanol–water partition coefficient (Wildman–Crippen LogP) is 5.24. The molecule has 0 fully saturated rings. The lowest BCUT2D eigenvalue weighted by molar-refractivity contribution is 0.613. The van der Waals surface area contributed by atoms with Crippen LogP contribution in [0.2, 0.25) is 5.02 Å². The van der Waals surface area contributed by atoms with E-state index >= 15 is 0 Å². The molecule has 0 aromatic heterocycles. The number of nitrogens with one attached hydrogen (secondary N) is 1. The molecule has 0 aliphatic carbocycles. The molecule has 3 heteroatoms. The number of hydrogen-bond acceptors (Lipinski definition) is 1. The number of halogens is 2. The SMILES string of the molecule is Fc1cccc(Cl)c1CNc1ccc2ccccc2c1. The van der Waals surface area contributed by atoms with E-state index in [1.54, 1.807) is 12.1 Å². The van der Waals surface area contributed by atoms with Crippen molar-refractivity contribution >= 4 is 28.1 Å². The highest BCUT2D eigenvalue weighted by Crippen LogP contribution is 2.22. The second kappa shape index (κ2) is 5.51. The van der Waals surface area contributed by atoms with E-state index in [-0.39, 0.29) is 5.82 Å². The molecule has 0 unspecified atom stereocenters. The Bertz CT molecular complexity index is 735. The van der Waals surface area contributed by atoms with Gasteiger partial charge >= 0.3 is 0 Å². The quantitative estimate of drug-likeness (QED) is 0.693. The monoisotopic (exact) mass is 285 g/mol. The van der Waals surface area contributed by atoms with Gasteiger partial charge in [-0.3, -0.25) is 0 Å². The van der Waals surface area contributed by atoms with Crippen LogP contribution in [0.1, 0.15) is 5.56 Å². The minimum atomic E-state index is -0.286. The summed E-state index contributed by atoms with van der Waals surface area (Å²) in [6.07, 6.45) is 0. The molecule has 1 nitrogen and oxygen atoms in total. The molecule has 100 valence electrons. The topological polar surface area (TPSA) is 12.0 Å². The van der Waals surface area contributed by atoms with Gasteiger partial charge in [-0.25, -0.2) is 4.39 Å². The molecular weight excluding hydrogens is 273 g/mol. The Morgan fingerprint density at radius 3 is 2.50 bits per heavy atom. The summed E-state index contributed by atoms with van der Waals surface area (Å²) in [5.41, 5.74) is 1.44. The number of rotatable bonds is 3. The Labute approximate surface area is 122 Å². The molecule has 0 amide bonds. The van der Waals surface area contributed by atoms with Crippen LogP contribution in [0.25, 0.3) is 10.8 Å². The molecule has 0 bridgehead atoms. The Kier molecular flexibility index (Phi) is 3.57. The lowest BCUT2D eigenvalue weighted by atomic mass is 10.1. The largest absolute Gasteiger partial charge is 0.381 e. The molecule has 20 heavy (non-hydrogen) atoms. The van der Waals surface area contributed by atoms with Gasteiger partial charge in [-0.15, -0.1) is 0 Å². The average molecular weight is 286 g/mol. The zero-order valence-corrected chi connectivity index (χ0v) is 11.5. The highest BCUT2D eigenvalue weighted by molar-refractivity contribution is 6.31. The first-order valence-electron chi connectivity index (χ1n) is 6.39. The molecule has 3 aromatic carbocycles. The first-order chi connectivity index (χ1) is 9.74. The first-order valence-corrected chi connectivity index (χ1v) is 6.77. The Hall–Kier alpha value is -2.06. The number of anilines is 1. The van der Waals surface area contributed by atoms with Crippen molar-refractivity contribution in [3.8, 4) is 0 Å². The summed E-state index contributed by atoms with van der Waals surface area (Å²) in [6, 6.07) is 18.9. The maximum Gasteiger partial charge on any atom is 0.129 e. The van der Waals surface area contributed by atoms with Gasteiger partial charge in [-0.1, -0.05) is 48.0 Å². The van der Waals surface area contributed by atoms with Crippen LogP contribution in [0.5, 0.6) is 0 Å². The Balaban J connectivity index is 1.83. The lowest BCUT2D eigenvalue weighted by Crippen LogP contribution is -2.02. The Morgan fingerprint density at radius 2 is 1.70 bits per heavy atom. The van der Waals surface area contributed by atoms with Gasteiger partial charge in [0.25, 0.3) is 0 Å². The van der Waals surface area contributed by atoms with Crippen LogP contribution in [0.3, 0.4) is 0 Å². The summed E-state index contributed by atoms with van der Waals surface area (Å²) in [5, 5.41) is 5.99. The fourth-order valence-electron chi connectivity index (χ4n) is 2.19. The molecule has 0 aliphatic rings. The third-order valence-electron chi connectivity index (χ3n) is 3.28. The standard InChI is InChI=1S/C17H13ClFN/c18-16-6-3-7-17(19)15(16)11-20-14-9-8-12-4-1-2-5-13(12)10-14/h1-10,20H,11H2. The van der Waals surface area contributed by atoms with Crippen molar-refractivity contribution in [2.75, 3.05) is 5.32 Å². The normalized spacial score (nSPS) is 10.7. The van der Waals surface area contributed by atoms with E-state index in [1.807, 2.05) is 30.3 Å². The van der Waals surface area contributed by atoms with Crippen molar-refractivity contribution in [2.45, 2.75) is 6.54 Å². The summed E-state index contributed by atoms with van der Waals surface area (Å²) in [4.78, 5) is 0. The van der Waals surface area contributed by atoms with Crippen LogP contribution >= 0.6 is 11.6 Å². The van der Waals surface area contributed by atoms with Crippen LogP contribution in [0.15, 0.2) is 60.7 Å². The second-order valence-electron chi connectivity index (χ2n) is 4.62. The molecule has 1 N–H and O–H groups in total. The highest BCUT2D eigenvalue weighted by atomic mass is 35.5. The summed E-state index contributed by atoms with van der Waals surface area (Å²) >= 11 is 6.01. The summed E-state index contributed by atoms with van der Waals surface area (Å²) < 4.78 is 13.7. The molecule has 0 heterocycles. The smallest absolute Gasteiger partial charge is 0.129 e. The predicted molar refractivity (Wildman–Crippen MR) is 82.7 cm³/mol. The van der Waals surface area contributed by atoms with Crippen LogP contribution in [-0.4, -0.2) is 0 Å². The van der Waals surface area contributed by atoms with Crippen molar-refractivity contribution < 1.29 is 4.39 Å². The minimum Gasteiger partial charge on any atom is -0.381 e. The number of fused-ring (bicyclic) bond motifs is 1. The molecule has 0 radical (unpaired) electrons. The second-order valence-corrected chi connectivity index (χ2v) is 5.02. The van der Waals surface area contributed by atoms with Gasteiger partial charge in [0.15, 0.2) is 0 Å². The van der Waals surface area contributed by atoms with Gasteiger partial charge in [0.05, 0.1) is 0 Å². The summed E-state index contributed by atoms with van der Waals surface area (Å²) in [5.74, 6) is -0.286. The third kappa shape index (κ3) is 2.61. The van der Waals surface area contributed by atoms with Gasteiger partial charge < -0.3 is 5.32 Å². The average Bonchev–Trinajstić information content (AvgIpc) is 2.46. The summed E-state index contributed by atoms with van der Waals surface area (Å²) in [6.45, 7) is 0.365. The highest BCUT2D eigenvalue weighted by Gasteiger charge is 2.06. The molecule has 0 saturated heterocycles. The van der Waals surface area contributed by atoms with Crippen molar-refractivity contribution in [1.82, 2.24) is 0 Å². The fourth-order valence-corrected chi connectivity index (χ4v) is 2.42. The van der Waals surface area contributed by atoms with Gasteiger partial charge in [-0.2, -0.15) is 0 Å². The van der Waals surface area contributed by atoms with Gasteiger partial charge in [0, 0.05) is 22.8 Å². The van der Waals surface area contributed by atoms with Crippen LogP contribution < -0.4 is 5.32 Å². The van der Waals surface area contributed by atoms with E-state index in [2.05, 4.69) is 17.4 Å². The Morgan fingerprint density at radius 1 is 0.900 bits per heavy atom. The summed E-state index contributed by atoms with van der Waals surface area (Å²) in [7, 11) is 0. The number of hydrogen-bond donors (Lipinski definition) is 1. The molecule has 3 rings (SSSR count). The fraction of sp³-hybridized carbons (Fsp3) is 0.0588. The van der Waals surface area contributed by atoms with E-state index in [1.165, 1.54) is 11.5 Å². The molecule has 3 aromatic rings. The third-order valence-corrected chi connectivity index (χ3v) is 3.63. The molecule has 0 spiro atoms. The van der Waals surface area contributed by atoms with E-state index < -0.39 is 0 Å². The maximum absolute atomic E-state index is 13.7. The number of benzene rings is 3. The first kappa shape index (κ1) is 12.9. The van der Waals surface area contributed by atoms with Crippen molar-refractivity contribution in [1.29, 1.82) is 0 Å². The molecule has 0 atom stereocenters. The molecular formula is C17H13ClFN. The van der Waals surface area contributed by atoms with E-state index in [0.29, 0.717) is 17.1 Å². The van der Waals surface area contributed by atoms with Crippen LogP contribution in [-0.2, 0) is 6.54 Å². The maximum atomic E-state index is 13.7. The van der Waals surface area contributed by atoms with E-state index in [9.17, 15) is 4.39 Å². The van der Waals surface area contributed by atoms with Crippen molar-refractivity contribution in [2.24, 2.45) is 0 Å². The molecule has 0 aliphatic heterocycles. The van der Waals surface area contributed by atoms with Crippen LogP contribution in [0, 0.1) is 5.82 Å². The zero-order chi connectivity index (χ0) is 13.9. The van der Waals surface area contributed by atoms with Crippen LogP contribution in [0.4, 0.5) is 10.1 Å². The lowest BCUT2D eigenvalue weighted by Gasteiger charge is -2.10. The van der Waals surface area contributed by atoms with E-state index in [4.69, 9.17) is 11.6 Å². The van der Waals surface area contributed by atoms with Gasteiger partial charge in [0.2, 0.25) is 0 Å². The van der Waals surface area contributed by atoms with E-state index in [0.717, 1.165) is 11.1 Å². The zero-order valence-electron chi connectivity index (χ0n) is 10.7. The van der Waals surface area contributed by atoms with Gasteiger partial charge in [0.1, 0.15) is 5.82 Å². The molecule has 0 saturated carbocycles.